The number of fused-ring (bicyclic) bond motifs is 1. The molecule has 4 heteroatoms. The monoisotopic (exact) mass is 288 g/mol. The molecule has 1 heterocycles. The van der Waals surface area contributed by atoms with Crippen LogP contribution in [0.5, 0.6) is 0 Å². The number of benzene rings is 1. The summed E-state index contributed by atoms with van der Waals surface area (Å²) in [5.74, 6) is 1.18. The first-order valence-corrected chi connectivity index (χ1v) is 7.91. The fourth-order valence-corrected chi connectivity index (χ4v) is 2.94. The van der Waals surface area contributed by atoms with Crippen LogP contribution in [0.2, 0.25) is 0 Å². The van der Waals surface area contributed by atoms with Gasteiger partial charge in [-0.05, 0) is 64.5 Å². The van der Waals surface area contributed by atoms with Gasteiger partial charge in [0.15, 0.2) is 0 Å². The molecule has 0 saturated heterocycles. The van der Waals surface area contributed by atoms with Crippen molar-refractivity contribution in [3.8, 4) is 0 Å². The van der Waals surface area contributed by atoms with Gasteiger partial charge in [-0.1, -0.05) is 13.0 Å². The third-order valence-corrected chi connectivity index (χ3v) is 4.08. The Bertz CT molecular complexity index is 586. The van der Waals surface area contributed by atoms with Gasteiger partial charge in [-0.15, -0.1) is 0 Å². The summed E-state index contributed by atoms with van der Waals surface area (Å²) in [7, 11) is 4.26. The van der Waals surface area contributed by atoms with Crippen molar-refractivity contribution >= 4 is 11.0 Å². The molecule has 4 nitrogen and oxygen atoms in total. The molecule has 1 unspecified atom stereocenters. The van der Waals surface area contributed by atoms with Gasteiger partial charge in [0.05, 0.1) is 17.1 Å². The predicted molar refractivity (Wildman–Crippen MR) is 89.5 cm³/mol. The van der Waals surface area contributed by atoms with Crippen LogP contribution >= 0.6 is 0 Å². The summed E-state index contributed by atoms with van der Waals surface area (Å²) in [6.07, 6.45) is 3.22. The minimum atomic E-state index is 0.357. The van der Waals surface area contributed by atoms with Gasteiger partial charge < -0.3 is 10.3 Å². The number of nitrogens with zero attached hydrogens (tertiary/aromatic N) is 3. The largest absolute Gasteiger partial charge is 0.330 e. The Hall–Kier alpha value is -1.39. The van der Waals surface area contributed by atoms with E-state index in [1.807, 2.05) is 0 Å². The maximum atomic E-state index is 5.64. The first kappa shape index (κ1) is 16.0. The number of hydrogen-bond acceptors (Lipinski definition) is 3. The maximum absolute atomic E-state index is 5.64. The van der Waals surface area contributed by atoms with Crippen LogP contribution in [0, 0.1) is 6.92 Å². The Kier molecular flexibility index (Phi) is 5.37. The van der Waals surface area contributed by atoms with E-state index in [1.54, 1.807) is 0 Å². The molecule has 1 aromatic carbocycles. The summed E-state index contributed by atoms with van der Waals surface area (Å²) in [6, 6.07) is 6.91. The second-order valence-electron chi connectivity index (χ2n) is 6.00. The van der Waals surface area contributed by atoms with Gasteiger partial charge in [0, 0.05) is 6.54 Å². The first-order chi connectivity index (χ1) is 10.1. The van der Waals surface area contributed by atoms with E-state index < -0.39 is 0 Å². The van der Waals surface area contributed by atoms with Crippen molar-refractivity contribution in [1.29, 1.82) is 0 Å². The molecule has 0 aliphatic heterocycles. The Labute approximate surface area is 128 Å². The molecule has 0 aliphatic carbocycles. The van der Waals surface area contributed by atoms with Crippen LogP contribution in [-0.2, 0) is 6.54 Å². The van der Waals surface area contributed by atoms with Gasteiger partial charge in [0.25, 0.3) is 0 Å². The van der Waals surface area contributed by atoms with Crippen LogP contribution in [-0.4, -0.2) is 35.1 Å². The number of rotatable bonds is 7. The number of imidazole rings is 1. The van der Waals surface area contributed by atoms with E-state index in [9.17, 15) is 0 Å². The minimum absolute atomic E-state index is 0.357. The van der Waals surface area contributed by atoms with E-state index in [1.165, 1.54) is 16.9 Å². The highest BCUT2D eigenvalue weighted by Gasteiger charge is 2.20. The zero-order valence-electron chi connectivity index (χ0n) is 13.8. The molecule has 2 aromatic rings. The van der Waals surface area contributed by atoms with Gasteiger partial charge >= 0.3 is 0 Å². The number of unbranched alkanes of at least 4 members (excludes halogenated alkanes) is 1. The lowest BCUT2D eigenvalue weighted by Gasteiger charge is -2.23. The SMILES string of the molecule is CCC(c1nc2cc(C)ccc2n1CCCCN)N(C)C. The molecule has 2 rings (SSSR count). The standard InChI is InChI=1S/C17H28N4/c1-5-15(20(3)4)17-19-14-12-13(2)8-9-16(14)21(17)11-7-6-10-18/h8-9,12,15H,5-7,10-11,18H2,1-4H3. The van der Waals surface area contributed by atoms with Crippen LogP contribution < -0.4 is 5.73 Å². The van der Waals surface area contributed by atoms with Crippen molar-refractivity contribution in [2.24, 2.45) is 5.73 Å². The van der Waals surface area contributed by atoms with Crippen LogP contribution in [0.3, 0.4) is 0 Å². The van der Waals surface area contributed by atoms with Crippen LogP contribution in [0.4, 0.5) is 0 Å². The summed E-state index contributed by atoms with van der Waals surface area (Å²) in [6.45, 7) is 6.09. The van der Waals surface area contributed by atoms with Crippen LogP contribution in [0.1, 0.15) is 43.6 Å². The van der Waals surface area contributed by atoms with Crippen molar-refractivity contribution in [3.05, 3.63) is 29.6 Å². The lowest BCUT2D eigenvalue weighted by atomic mass is 10.2. The van der Waals surface area contributed by atoms with E-state index in [0.717, 1.165) is 37.9 Å². The van der Waals surface area contributed by atoms with E-state index in [-0.39, 0.29) is 0 Å². The topological polar surface area (TPSA) is 47.1 Å². The third-order valence-electron chi connectivity index (χ3n) is 4.08. The summed E-state index contributed by atoms with van der Waals surface area (Å²) < 4.78 is 2.39. The van der Waals surface area contributed by atoms with Crippen molar-refractivity contribution in [1.82, 2.24) is 14.5 Å². The Balaban J connectivity index is 2.47. The molecule has 1 aromatic heterocycles. The van der Waals surface area contributed by atoms with E-state index >= 15 is 0 Å². The van der Waals surface area contributed by atoms with Gasteiger partial charge in [-0.2, -0.15) is 0 Å². The highest BCUT2D eigenvalue weighted by molar-refractivity contribution is 5.77. The lowest BCUT2D eigenvalue weighted by Crippen LogP contribution is -2.23. The molecule has 116 valence electrons. The molecule has 0 fully saturated rings. The zero-order chi connectivity index (χ0) is 15.4. The van der Waals surface area contributed by atoms with E-state index in [2.05, 4.69) is 55.6 Å². The highest BCUT2D eigenvalue weighted by atomic mass is 15.2. The summed E-state index contributed by atoms with van der Waals surface area (Å²) in [5.41, 5.74) is 9.25. The molecule has 0 radical (unpaired) electrons. The third kappa shape index (κ3) is 3.44. The van der Waals surface area contributed by atoms with Crippen LogP contribution in [0.15, 0.2) is 18.2 Å². The molecular formula is C17H28N4. The average molecular weight is 288 g/mol. The molecule has 0 bridgehead atoms. The normalized spacial score (nSPS) is 13.2. The smallest absolute Gasteiger partial charge is 0.127 e. The molecule has 0 amide bonds. The second kappa shape index (κ2) is 7.05. The maximum Gasteiger partial charge on any atom is 0.127 e. The quantitative estimate of drug-likeness (QED) is 0.796. The van der Waals surface area contributed by atoms with Crippen LogP contribution in [0.25, 0.3) is 11.0 Å². The summed E-state index contributed by atoms with van der Waals surface area (Å²) in [4.78, 5) is 7.19. The Morgan fingerprint density at radius 3 is 2.67 bits per heavy atom. The van der Waals surface area contributed by atoms with Gasteiger partial charge in [0.2, 0.25) is 0 Å². The predicted octanol–water partition coefficient (Wildman–Crippen LogP) is 3.10. The fourth-order valence-electron chi connectivity index (χ4n) is 2.94. The average Bonchev–Trinajstić information content (AvgIpc) is 2.77. The van der Waals surface area contributed by atoms with E-state index in [0.29, 0.717) is 6.04 Å². The molecule has 2 N–H and O–H groups in total. The number of aryl methyl sites for hydroxylation is 2. The van der Waals surface area contributed by atoms with Crippen molar-refractivity contribution in [3.63, 3.8) is 0 Å². The van der Waals surface area contributed by atoms with Gasteiger partial charge in [-0.25, -0.2) is 4.98 Å². The number of hydrogen-bond donors (Lipinski definition) is 1. The Morgan fingerprint density at radius 1 is 1.29 bits per heavy atom. The number of aromatic nitrogens is 2. The molecule has 21 heavy (non-hydrogen) atoms. The molecule has 1 atom stereocenters. The Morgan fingerprint density at radius 2 is 2.05 bits per heavy atom. The fraction of sp³-hybridized carbons (Fsp3) is 0.588. The lowest BCUT2D eigenvalue weighted by molar-refractivity contribution is 0.273. The van der Waals surface area contributed by atoms with Gasteiger partial charge in [-0.3, -0.25) is 4.90 Å². The van der Waals surface area contributed by atoms with Crippen molar-refractivity contribution in [2.45, 2.75) is 45.7 Å². The molecule has 0 aliphatic rings. The van der Waals surface area contributed by atoms with Crippen molar-refractivity contribution < 1.29 is 0 Å². The first-order valence-electron chi connectivity index (χ1n) is 7.91. The highest BCUT2D eigenvalue weighted by Crippen LogP contribution is 2.27. The van der Waals surface area contributed by atoms with Gasteiger partial charge in [0.1, 0.15) is 5.82 Å². The summed E-state index contributed by atoms with van der Waals surface area (Å²) >= 11 is 0. The molecular weight excluding hydrogens is 260 g/mol. The number of nitrogens with two attached hydrogens (primary N) is 1. The zero-order valence-corrected chi connectivity index (χ0v) is 13.8. The van der Waals surface area contributed by atoms with E-state index in [4.69, 9.17) is 10.7 Å². The summed E-state index contributed by atoms with van der Waals surface area (Å²) in [5, 5.41) is 0. The van der Waals surface area contributed by atoms with Crippen molar-refractivity contribution in [2.75, 3.05) is 20.6 Å². The molecule has 0 spiro atoms. The molecule has 0 saturated carbocycles. The minimum Gasteiger partial charge on any atom is -0.330 e. The second-order valence-corrected chi connectivity index (χ2v) is 6.00.